The molecule has 0 amide bonds. The van der Waals surface area contributed by atoms with Gasteiger partial charge < -0.3 is 0 Å². The Bertz CT molecular complexity index is 345. The molecule has 0 saturated heterocycles. The SMILES string of the molecule is CC.CCC1=C(C)CCc2ccccc21. The molecular formula is C15H22. The van der Waals surface area contributed by atoms with Gasteiger partial charge >= 0.3 is 0 Å². The Labute approximate surface area is 94.0 Å². The molecule has 0 N–H and O–H groups in total. The molecule has 0 aliphatic heterocycles. The zero-order chi connectivity index (χ0) is 11.3. The molecule has 1 aliphatic carbocycles. The molecule has 15 heavy (non-hydrogen) atoms. The first kappa shape index (κ1) is 12.0. The van der Waals surface area contributed by atoms with Gasteiger partial charge in [-0.05, 0) is 42.9 Å². The first-order chi connectivity index (χ1) is 7.33. The lowest BCUT2D eigenvalue weighted by Crippen LogP contribution is -2.02. The summed E-state index contributed by atoms with van der Waals surface area (Å²) in [5.41, 5.74) is 6.18. The van der Waals surface area contributed by atoms with E-state index in [4.69, 9.17) is 0 Å². The van der Waals surface area contributed by atoms with Gasteiger partial charge in [0.2, 0.25) is 0 Å². The number of aryl methyl sites for hydroxylation is 1. The van der Waals surface area contributed by atoms with Gasteiger partial charge in [-0.2, -0.15) is 0 Å². The van der Waals surface area contributed by atoms with Gasteiger partial charge in [0.05, 0.1) is 0 Å². The summed E-state index contributed by atoms with van der Waals surface area (Å²) in [4.78, 5) is 0. The van der Waals surface area contributed by atoms with E-state index in [0.717, 1.165) is 0 Å². The summed E-state index contributed by atoms with van der Waals surface area (Å²) >= 11 is 0. The van der Waals surface area contributed by atoms with Crippen LogP contribution in [0.15, 0.2) is 29.8 Å². The van der Waals surface area contributed by atoms with Crippen LogP contribution in [0, 0.1) is 0 Å². The third kappa shape index (κ3) is 2.50. The minimum atomic E-state index is 1.17. The Morgan fingerprint density at radius 3 is 2.40 bits per heavy atom. The van der Waals surface area contributed by atoms with Crippen molar-refractivity contribution in [2.75, 3.05) is 0 Å². The van der Waals surface area contributed by atoms with Crippen LogP contribution in [0.25, 0.3) is 5.57 Å². The van der Waals surface area contributed by atoms with E-state index in [9.17, 15) is 0 Å². The molecule has 0 atom stereocenters. The molecule has 0 saturated carbocycles. The van der Waals surface area contributed by atoms with Crippen LogP contribution in [0.5, 0.6) is 0 Å². The van der Waals surface area contributed by atoms with Crippen molar-refractivity contribution in [3.05, 3.63) is 41.0 Å². The van der Waals surface area contributed by atoms with Crippen molar-refractivity contribution in [3.8, 4) is 0 Å². The Morgan fingerprint density at radius 2 is 1.73 bits per heavy atom. The molecule has 1 aromatic carbocycles. The molecule has 0 heterocycles. The number of fused-ring (bicyclic) bond motifs is 1. The summed E-state index contributed by atoms with van der Waals surface area (Å²) < 4.78 is 0. The zero-order valence-corrected chi connectivity index (χ0v) is 10.4. The number of hydrogen-bond donors (Lipinski definition) is 0. The maximum absolute atomic E-state index is 2.27. The van der Waals surface area contributed by atoms with E-state index in [0.29, 0.717) is 0 Å². The Morgan fingerprint density at radius 1 is 1.07 bits per heavy atom. The van der Waals surface area contributed by atoms with Crippen LogP contribution in [0.1, 0.15) is 51.7 Å². The molecular weight excluding hydrogens is 180 g/mol. The van der Waals surface area contributed by atoms with E-state index in [1.165, 1.54) is 30.4 Å². The molecule has 0 fully saturated rings. The first-order valence-corrected chi connectivity index (χ1v) is 6.10. The van der Waals surface area contributed by atoms with Gasteiger partial charge in [0.1, 0.15) is 0 Å². The smallest absolute Gasteiger partial charge is 0.0193 e. The maximum atomic E-state index is 2.27. The second kappa shape index (κ2) is 5.75. The fourth-order valence-corrected chi connectivity index (χ4v) is 2.23. The molecule has 0 spiro atoms. The van der Waals surface area contributed by atoms with Crippen molar-refractivity contribution in [2.24, 2.45) is 0 Å². The van der Waals surface area contributed by atoms with Crippen LogP contribution in [0.3, 0.4) is 0 Å². The van der Waals surface area contributed by atoms with Crippen molar-refractivity contribution < 1.29 is 0 Å². The topological polar surface area (TPSA) is 0 Å². The molecule has 0 unspecified atom stereocenters. The van der Waals surface area contributed by atoms with E-state index in [1.54, 1.807) is 11.1 Å². The minimum absolute atomic E-state index is 1.17. The fourth-order valence-electron chi connectivity index (χ4n) is 2.23. The summed E-state index contributed by atoms with van der Waals surface area (Å²) in [5, 5.41) is 0. The van der Waals surface area contributed by atoms with Gasteiger partial charge in [-0.25, -0.2) is 0 Å². The van der Waals surface area contributed by atoms with Crippen LogP contribution in [-0.2, 0) is 6.42 Å². The summed E-state index contributed by atoms with van der Waals surface area (Å²) in [5.74, 6) is 0. The highest BCUT2D eigenvalue weighted by atomic mass is 14.2. The third-order valence-corrected chi connectivity index (χ3v) is 2.98. The summed E-state index contributed by atoms with van der Waals surface area (Å²) in [6.45, 7) is 8.52. The zero-order valence-electron chi connectivity index (χ0n) is 10.4. The Hall–Kier alpha value is -1.04. The Balaban J connectivity index is 0.000000531. The van der Waals surface area contributed by atoms with E-state index < -0.39 is 0 Å². The molecule has 2 rings (SSSR count). The second-order valence-electron chi connectivity index (χ2n) is 3.77. The molecule has 0 nitrogen and oxygen atoms in total. The fraction of sp³-hybridized carbons (Fsp3) is 0.467. The lowest BCUT2D eigenvalue weighted by Gasteiger charge is -2.20. The van der Waals surface area contributed by atoms with E-state index in [-0.39, 0.29) is 0 Å². The van der Waals surface area contributed by atoms with Crippen molar-refractivity contribution in [2.45, 2.75) is 47.0 Å². The maximum Gasteiger partial charge on any atom is -0.0193 e. The van der Waals surface area contributed by atoms with Gasteiger partial charge in [-0.1, -0.05) is 50.6 Å². The molecule has 0 radical (unpaired) electrons. The van der Waals surface area contributed by atoms with Crippen LogP contribution in [0.4, 0.5) is 0 Å². The molecule has 82 valence electrons. The van der Waals surface area contributed by atoms with Crippen molar-refractivity contribution in [3.63, 3.8) is 0 Å². The van der Waals surface area contributed by atoms with Gasteiger partial charge in [-0.15, -0.1) is 0 Å². The average Bonchev–Trinajstić information content (AvgIpc) is 2.32. The largest absolute Gasteiger partial charge is 0.0692 e. The molecule has 0 heteroatoms. The first-order valence-electron chi connectivity index (χ1n) is 6.10. The number of rotatable bonds is 1. The molecule has 0 bridgehead atoms. The number of benzene rings is 1. The number of hydrogen-bond acceptors (Lipinski definition) is 0. The minimum Gasteiger partial charge on any atom is -0.0692 e. The van der Waals surface area contributed by atoms with Gasteiger partial charge in [-0.3, -0.25) is 0 Å². The summed E-state index contributed by atoms with van der Waals surface area (Å²) in [6, 6.07) is 8.81. The van der Waals surface area contributed by atoms with Crippen molar-refractivity contribution in [1.29, 1.82) is 0 Å². The van der Waals surface area contributed by atoms with E-state index in [1.807, 2.05) is 13.8 Å². The third-order valence-electron chi connectivity index (χ3n) is 2.98. The predicted octanol–water partition coefficient (Wildman–Crippen LogP) is 4.84. The van der Waals surface area contributed by atoms with Gasteiger partial charge in [0.25, 0.3) is 0 Å². The van der Waals surface area contributed by atoms with Crippen LogP contribution < -0.4 is 0 Å². The average molecular weight is 202 g/mol. The molecule has 0 aromatic heterocycles. The van der Waals surface area contributed by atoms with Crippen LogP contribution in [-0.4, -0.2) is 0 Å². The highest BCUT2D eigenvalue weighted by molar-refractivity contribution is 5.72. The van der Waals surface area contributed by atoms with Crippen molar-refractivity contribution >= 4 is 5.57 Å². The molecule has 1 aromatic rings. The highest BCUT2D eigenvalue weighted by Crippen LogP contribution is 2.32. The van der Waals surface area contributed by atoms with Crippen LogP contribution >= 0.6 is 0 Å². The van der Waals surface area contributed by atoms with Gasteiger partial charge in [0, 0.05) is 0 Å². The van der Waals surface area contributed by atoms with Crippen molar-refractivity contribution in [1.82, 2.24) is 0 Å². The summed E-state index contributed by atoms with van der Waals surface area (Å²) in [6.07, 6.45) is 3.65. The monoisotopic (exact) mass is 202 g/mol. The van der Waals surface area contributed by atoms with Crippen LogP contribution in [0.2, 0.25) is 0 Å². The highest BCUT2D eigenvalue weighted by Gasteiger charge is 2.13. The lowest BCUT2D eigenvalue weighted by atomic mass is 9.85. The summed E-state index contributed by atoms with van der Waals surface area (Å²) in [7, 11) is 0. The normalized spacial score (nSPS) is 14.1. The van der Waals surface area contributed by atoms with E-state index >= 15 is 0 Å². The molecule has 1 aliphatic rings. The number of allylic oxidation sites excluding steroid dienone is 2. The quantitative estimate of drug-likeness (QED) is 0.611. The lowest BCUT2D eigenvalue weighted by molar-refractivity contribution is 0.904. The van der Waals surface area contributed by atoms with E-state index in [2.05, 4.69) is 38.1 Å². The second-order valence-corrected chi connectivity index (χ2v) is 3.77. The Kier molecular flexibility index (Phi) is 4.61. The predicted molar refractivity (Wildman–Crippen MR) is 69.0 cm³/mol. The standard InChI is InChI=1S/C13H16.C2H6/c1-3-12-10(2)8-9-11-6-4-5-7-13(11)12;1-2/h4-7H,3,8-9H2,1-2H3;1-2H3. The van der Waals surface area contributed by atoms with Gasteiger partial charge in [0.15, 0.2) is 0 Å².